The van der Waals surface area contributed by atoms with E-state index in [4.69, 9.17) is 9.47 Å². The molecule has 2 aromatic carbocycles. The lowest BCUT2D eigenvalue weighted by Gasteiger charge is -2.39. The first-order chi connectivity index (χ1) is 19.5. The predicted molar refractivity (Wildman–Crippen MR) is 154 cm³/mol. The van der Waals surface area contributed by atoms with Crippen molar-refractivity contribution >= 4 is 12.0 Å². The van der Waals surface area contributed by atoms with Crippen LogP contribution in [-0.2, 0) is 16.1 Å². The molecule has 1 aliphatic carbocycles. The fraction of sp³-hybridized carbons (Fsp3) is 0.576. The molecule has 3 saturated heterocycles. The van der Waals surface area contributed by atoms with Crippen molar-refractivity contribution in [2.24, 2.45) is 11.3 Å². The Balaban J connectivity index is 1.06. The molecule has 3 heterocycles. The van der Waals surface area contributed by atoms with Crippen LogP contribution in [0.2, 0.25) is 0 Å². The minimum absolute atomic E-state index is 0.0910. The molecule has 0 bridgehead atoms. The molecule has 2 aromatic rings. The van der Waals surface area contributed by atoms with Gasteiger partial charge in [0.1, 0.15) is 11.9 Å². The molecule has 0 N–H and O–H groups in total. The third-order valence-electron chi connectivity index (χ3n) is 9.94. The molecule has 6 rings (SSSR count). The lowest BCUT2D eigenvalue weighted by atomic mass is 9.76. The first-order valence-electron chi connectivity index (χ1n) is 15.2. The largest absolute Gasteiger partial charge is 0.497 e. The second kappa shape index (κ2) is 11.8. The van der Waals surface area contributed by atoms with E-state index in [-0.39, 0.29) is 17.6 Å². The van der Waals surface area contributed by atoms with E-state index in [1.54, 1.807) is 7.11 Å². The van der Waals surface area contributed by atoms with Crippen molar-refractivity contribution in [1.82, 2.24) is 14.7 Å². The molecule has 0 radical (unpaired) electrons. The normalized spacial score (nSPS) is 25.2. The van der Waals surface area contributed by atoms with Crippen LogP contribution in [0.5, 0.6) is 5.75 Å². The highest BCUT2D eigenvalue weighted by Crippen LogP contribution is 2.43. The minimum atomic E-state index is -0.214. The van der Waals surface area contributed by atoms with Crippen LogP contribution in [0.25, 0.3) is 0 Å². The van der Waals surface area contributed by atoms with Gasteiger partial charge in [-0.3, -0.25) is 4.79 Å². The maximum atomic E-state index is 13.6. The Morgan fingerprint density at radius 2 is 1.62 bits per heavy atom. The van der Waals surface area contributed by atoms with Crippen LogP contribution in [0.3, 0.4) is 0 Å². The molecule has 1 unspecified atom stereocenters. The Hall–Kier alpha value is -3.06. The van der Waals surface area contributed by atoms with Crippen LogP contribution in [-0.4, -0.2) is 79.2 Å². The number of methoxy groups -OCH3 is 1. The zero-order valence-electron chi connectivity index (χ0n) is 23.8. The van der Waals surface area contributed by atoms with Crippen molar-refractivity contribution in [2.45, 2.75) is 63.5 Å². The predicted octanol–water partition coefficient (Wildman–Crippen LogP) is 5.30. The molecule has 3 aliphatic heterocycles. The third kappa shape index (κ3) is 5.71. The van der Waals surface area contributed by atoms with Crippen molar-refractivity contribution in [3.63, 3.8) is 0 Å². The van der Waals surface area contributed by atoms with Gasteiger partial charge in [0.2, 0.25) is 5.91 Å². The molecular weight excluding hydrogens is 502 g/mol. The van der Waals surface area contributed by atoms with Gasteiger partial charge in [-0.2, -0.15) is 0 Å². The highest BCUT2D eigenvalue weighted by Gasteiger charge is 2.48. The summed E-state index contributed by atoms with van der Waals surface area (Å²) in [5.41, 5.74) is 2.24. The van der Waals surface area contributed by atoms with Gasteiger partial charge in [0.25, 0.3) is 0 Å². The summed E-state index contributed by atoms with van der Waals surface area (Å²) in [6.45, 7) is 5.79. The zero-order valence-corrected chi connectivity index (χ0v) is 23.8. The molecule has 1 spiro atoms. The number of rotatable bonds is 7. The summed E-state index contributed by atoms with van der Waals surface area (Å²) in [7, 11) is 1.67. The summed E-state index contributed by atoms with van der Waals surface area (Å²) in [6.07, 6.45) is 7.05. The summed E-state index contributed by atoms with van der Waals surface area (Å²) in [5, 5.41) is 0. The van der Waals surface area contributed by atoms with Gasteiger partial charge >= 0.3 is 6.09 Å². The average molecular weight is 546 g/mol. The topological polar surface area (TPSA) is 62.3 Å². The van der Waals surface area contributed by atoms with Crippen molar-refractivity contribution in [3.05, 3.63) is 65.7 Å². The number of likely N-dealkylation sites (tertiary alicyclic amines) is 3. The molecule has 2 amide bonds. The molecule has 40 heavy (non-hydrogen) atoms. The summed E-state index contributed by atoms with van der Waals surface area (Å²) in [5.74, 6) is 1.83. The van der Waals surface area contributed by atoms with Crippen molar-refractivity contribution in [3.8, 4) is 5.75 Å². The zero-order chi connectivity index (χ0) is 27.5. The molecule has 4 aliphatic rings. The standard InChI is InChI=1S/C33H43N3O4/c1-39-28-13-11-25(12-14-28)21-35-20-17-33(31(35)37)15-18-34(19-16-33)22-27-23-36(32(38)40-29-9-5-6-10-29)24-30(27)26-7-3-2-4-8-26/h2-4,7-8,11-14,27,29-30H,5-6,9-10,15-24H2,1H3/t27-,30?/m0/s1. The van der Waals surface area contributed by atoms with Gasteiger partial charge in [0, 0.05) is 38.6 Å². The van der Waals surface area contributed by atoms with Crippen molar-refractivity contribution < 1.29 is 19.1 Å². The number of carbonyl (C=O) groups is 2. The Bertz CT molecular complexity index is 1160. The molecule has 4 fully saturated rings. The second-order valence-corrected chi connectivity index (χ2v) is 12.4. The average Bonchev–Trinajstić information content (AvgIpc) is 3.72. The monoisotopic (exact) mass is 545 g/mol. The Kier molecular flexibility index (Phi) is 8.01. The van der Waals surface area contributed by atoms with Gasteiger partial charge in [0.05, 0.1) is 12.5 Å². The highest BCUT2D eigenvalue weighted by atomic mass is 16.6. The van der Waals surface area contributed by atoms with Crippen LogP contribution >= 0.6 is 0 Å². The van der Waals surface area contributed by atoms with Gasteiger partial charge in [-0.05, 0) is 87.2 Å². The maximum Gasteiger partial charge on any atom is 0.410 e. The fourth-order valence-electron chi connectivity index (χ4n) is 7.46. The van der Waals surface area contributed by atoms with E-state index in [1.807, 2.05) is 21.9 Å². The smallest absolute Gasteiger partial charge is 0.410 e. The van der Waals surface area contributed by atoms with E-state index in [2.05, 4.69) is 47.4 Å². The minimum Gasteiger partial charge on any atom is -0.497 e. The molecule has 0 aromatic heterocycles. The molecule has 7 heteroatoms. The van der Waals surface area contributed by atoms with E-state index in [0.29, 0.717) is 24.3 Å². The SMILES string of the molecule is COc1ccc(CN2CCC3(CCN(C[C@H]4CN(C(=O)OC5CCCC5)CC4c4ccccc4)CC3)C2=O)cc1. The number of ether oxygens (including phenoxy) is 2. The maximum absolute atomic E-state index is 13.6. The van der Waals surface area contributed by atoms with Gasteiger partial charge in [-0.15, -0.1) is 0 Å². The molecule has 214 valence electrons. The van der Waals surface area contributed by atoms with Crippen LogP contribution in [0.4, 0.5) is 4.79 Å². The molecule has 7 nitrogen and oxygen atoms in total. The van der Waals surface area contributed by atoms with Crippen molar-refractivity contribution in [2.75, 3.05) is 46.4 Å². The summed E-state index contributed by atoms with van der Waals surface area (Å²) >= 11 is 0. The van der Waals surface area contributed by atoms with E-state index in [1.165, 1.54) is 5.56 Å². The van der Waals surface area contributed by atoms with Crippen LogP contribution in [0, 0.1) is 11.3 Å². The summed E-state index contributed by atoms with van der Waals surface area (Å²) < 4.78 is 11.2. The first-order valence-corrected chi connectivity index (χ1v) is 15.2. The number of hydrogen-bond acceptors (Lipinski definition) is 5. The third-order valence-corrected chi connectivity index (χ3v) is 9.94. The number of amides is 2. The van der Waals surface area contributed by atoms with Gasteiger partial charge < -0.3 is 24.2 Å². The molecule has 2 atom stereocenters. The second-order valence-electron chi connectivity index (χ2n) is 12.4. The van der Waals surface area contributed by atoms with Gasteiger partial charge in [-0.25, -0.2) is 4.79 Å². The molecular formula is C33H43N3O4. The summed E-state index contributed by atoms with van der Waals surface area (Å²) in [4.78, 5) is 33.2. The van der Waals surface area contributed by atoms with E-state index in [0.717, 1.165) is 95.5 Å². The number of benzene rings is 2. The lowest BCUT2D eigenvalue weighted by molar-refractivity contribution is -0.139. The summed E-state index contributed by atoms with van der Waals surface area (Å²) in [6, 6.07) is 18.7. The van der Waals surface area contributed by atoms with E-state index in [9.17, 15) is 9.59 Å². The fourth-order valence-corrected chi connectivity index (χ4v) is 7.46. The highest BCUT2D eigenvalue weighted by molar-refractivity contribution is 5.85. The number of carbonyl (C=O) groups excluding carboxylic acids is 2. The first kappa shape index (κ1) is 27.1. The van der Waals surface area contributed by atoms with Crippen molar-refractivity contribution in [1.29, 1.82) is 0 Å². The number of piperidine rings is 1. The quantitative estimate of drug-likeness (QED) is 0.472. The Morgan fingerprint density at radius 3 is 2.33 bits per heavy atom. The number of hydrogen-bond donors (Lipinski definition) is 0. The molecule has 1 saturated carbocycles. The van der Waals surface area contributed by atoms with Gasteiger partial charge in [-0.1, -0.05) is 42.5 Å². The van der Waals surface area contributed by atoms with Crippen LogP contribution < -0.4 is 4.74 Å². The van der Waals surface area contributed by atoms with E-state index < -0.39 is 0 Å². The van der Waals surface area contributed by atoms with E-state index >= 15 is 0 Å². The Labute approximate surface area is 238 Å². The van der Waals surface area contributed by atoms with Crippen LogP contribution in [0.1, 0.15) is 62.0 Å². The van der Waals surface area contributed by atoms with Crippen LogP contribution in [0.15, 0.2) is 54.6 Å². The van der Waals surface area contributed by atoms with Gasteiger partial charge in [0.15, 0.2) is 0 Å². The Morgan fingerprint density at radius 1 is 0.925 bits per heavy atom. The lowest BCUT2D eigenvalue weighted by Crippen LogP contribution is -2.46. The number of nitrogens with zero attached hydrogens (tertiary/aromatic N) is 3.